The molecular weight excluding hydrogens is 480 g/mol. The van der Waals surface area contributed by atoms with Gasteiger partial charge in [-0.15, -0.1) is 0 Å². The summed E-state index contributed by atoms with van der Waals surface area (Å²) in [4.78, 5) is 9.50. The molecule has 2 aliphatic rings. The molecule has 36 heavy (non-hydrogen) atoms. The number of aromatic nitrogens is 6. The van der Waals surface area contributed by atoms with E-state index < -0.39 is 15.6 Å². The molecule has 4 aromatic heterocycles. The van der Waals surface area contributed by atoms with Crippen LogP contribution in [0.3, 0.4) is 0 Å². The molecule has 0 saturated carbocycles. The van der Waals surface area contributed by atoms with Gasteiger partial charge in [0, 0.05) is 49.2 Å². The van der Waals surface area contributed by atoms with Crippen LogP contribution < -0.4 is 0 Å². The number of fused-ring (bicyclic) bond motifs is 1. The van der Waals surface area contributed by atoms with Crippen molar-refractivity contribution in [3.63, 3.8) is 0 Å². The Labute approximate surface area is 208 Å². The van der Waals surface area contributed by atoms with E-state index in [1.54, 1.807) is 23.3 Å². The summed E-state index contributed by atoms with van der Waals surface area (Å²) in [5.74, 6) is 0. The van der Waals surface area contributed by atoms with Crippen LogP contribution in [0.1, 0.15) is 18.9 Å². The molecule has 0 aliphatic carbocycles. The molecule has 6 heterocycles. The monoisotopic (exact) mass is 504 g/mol. The van der Waals surface area contributed by atoms with Gasteiger partial charge < -0.3 is 4.74 Å². The number of nitriles is 1. The topological polar surface area (TPSA) is 132 Å². The van der Waals surface area contributed by atoms with Gasteiger partial charge in [-0.2, -0.15) is 19.8 Å². The SMILES string of the molecule is CS(=O)(=O)N1CC(CC#N)(n2ccc(-c3nc(-c4cnn([C@@H]5CCOC5)c4)cc4ncccc34)n2)C1. The van der Waals surface area contributed by atoms with Crippen molar-refractivity contribution >= 4 is 20.9 Å². The predicted molar refractivity (Wildman–Crippen MR) is 131 cm³/mol. The highest BCUT2D eigenvalue weighted by atomic mass is 32.2. The molecule has 0 spiro atoms. The van der Waals surface area contributed by atoms with Crippen molar-refractivity contribution in [2.45, 2.75) is 24.4 Å². The first-order valence-electron chi connectivity index (χ1n) is 11.6. The second-order valence-electron chi connectivity index (χ2n) is 9.39. The van der Waals surface area contributed by atoms with Gasteiger partial charge in [0.2, 0.25) is 10.0 Å². The second kappa shape index (κ2) is 8.48. The van der Waals surface area contributed by atoms with Gasteiger partial charge in [0.05, 0.1) is 48.8 Å². The lowest BCUT2D eigenvalue weighted by Crippen LogP contribution is -2.63. The molecule has 2 aliphatic heterocycles. The molecule has 184 valence electrons. The molecule has 11 nitrogen and oxygen atoms in total. The van der Waals surface area contributed by atoms with E-state index in [2.05, 4.69) is 16.2 Å². The zero-order valence-electron chi connectivity index (χ0n) is 19.6. The Morgan fingerprint density at radius 1 is 1.28 bits per heavy atom. The van der Waals surface area contributed by atoms with Crippen LogP contribution in [-0.2, 0) is 20.3 Å². The molecule has 12 heteroatoms. The molecule has 2 saturated heterocycles. The quantitative estimate of drug-likeness (QED) is 0.390. The molecule has 2 fully saturated rings. The molecule has 0 amide bonds. The van der Waals surface area contributed by atoms with Crippen LogP contribution in [0.25, 0.3) is 33.5 Å². The zero-order chi connectivity index (χ0) is 24.9. The van der Waals surface area contributed by atoms with E-state index in [4.69, 9.17) is 14.8 Å². The van der Waals surface area contributed by atoms with Gasteiger partial charge >= 0.3 is 0 Å². The summed E-state index contributed by atoms with van der Waals surface area (Å²) in [5, 5.41) is 19.6. The average molecular weight is 505 g/mol. The van der Waals surface area contributed by atoms with Crippen LogP contribution >= 0.6 is 0 Å². The van der Waals surface area contributed by atoms with Crippen LogP contribution in [0.15, 0.2) is 49.1 Å². The normalized spacial score (nSPS) is 19.8. The van der Waals surface area contributed by atoms with Crippen molar-refractivity contribution in [3.05, 3.63) is 49.1 Å². The van der Waals surface area contributed by atoms with Gasteiger partial charge in [0.15, 0.2) is 0 Å². The Morgan fingerprint density at radius 3 is 2.89 bits per heavy atom. The summed E-state index contributed by atoms with van der Waals surface area (Å²) in [5.41, 5.74) is 2.97. The highest BCUT2D eigenvalue weighted by molar-refractivity contribution is 7.88. The summed E-state index contributed by atoms with van der Waals surface area (Å²) in [7, 11) is -3.33. The lowest BCUT2D eigenvalue weighted by atomic mass is 9.89. The first-order chi connectivity index (χ1) is 17.4. The third kappa shape index (κ3) is 3.85. The van der Waals surface area contributed by atoms with Crippen LogP contribution in [-0.4, -0.2) is 74.8 Å². The van der Waals surface area contributed by atoms with Crippen molar-refractivity contribution in [3.8, 4) is 28.7 Å². The van der Waals surface area contributed by atoms with Crippen LogP contribution in [0.5, 0.6) is 0 Å². The van der Waals surface area contributed by atoms with E-state index in [1.807, 2.05) is 35.1 Å². The van der Waals surface area contributed by atoms with Crippen molar-refractivity contribution in [1.29, 1.82) is 5.26 Å². The Kier molecular flexibility index (Phi) is 5.36. The van der Waals surface area contributed by atoms with Crippen molar-refractivity contribution < 1.29 is 13.2 Å². The van der Waals surface area contributed by atoms with Crippen LogP contribution in [0, 0.1) is 11.3 Å². The summed E-state index contributed by atoms with van der Waals surface area (Å²) in [6.45, 7) is 1.80. The largest absolute Gasteiger partial charge is 0.379 e. The number of hydrogen-bond donors (Lipinski definition) is 0. The van der Waals surface area contributed by atoms with Gasteiger partial charge in [0.25, 0.3) is 0 Å². The van der Waals surface area contributed by atoms with Gasteiger partial charge in [0.1, 0.15) is 16.9 Å². The maximum absolute atomic E-state index is 12.0. The van der Waals surface area contributed by atoms with Crippen molar-refractivity contribution in [1.82, 2.24) is 33.8 Å². The van der Waals surface area contributed by atoms with E-state index in [0.29, 0.717) is 18.0 Å². The van der Waals surface area contributed by atoms with Crippen LogP contribution in [0.2, 0.25) is 0 Å². The standard InChI is InChI=1S/C24H24N8O3S/c1-36(33,34)30-15-24(16-30,6-7-25)32-9-4-20(29-32)23-19-3-2-8-26-22(19)11-21(28-23)17-12-27-31(13-17)18-5-10-35-14-18/h2-4,8-9,11-13,18H,5-6,10,14-16H2,1H3/t18-/m1/s1. The van der Waals surface area contributed by atoms with Crippen molar-refractivity contribution in [2.24, 2.45) is 0 Å². The summed E-state index contributed by atoms with van der Waals surface area (Å²) < 4.78 is 34.4. The fourth-order valence-corrected chi connectivity index (χ4v) is 5.81. The molecule has 0 radical (unpaired) electrons. The second-order valence-corrected chi connectivity index (χ2v) is 11.4. The molecule has 0 N–H and O–H groups in total. The highest BCUT2D eigenvalue weighted by Gasteiger charge is 2.49. The first-order valence-corrected chi connectivity index (χ1v) is 13.5. The number of hydrogen-bond acceptors (Lipinski definition) is 8. The zero-order valence-corrected chi connectivity index (χ0v) is 20.5. The number of rotatable bonds is 6. The van der Waals surface area contributed by atoms with Crippen molar-refractivity contribution in [2.75, 3.05) is 32.6 Å². The minimum absolute atomic E-state index is 0.153. The van der Waals surface area contributed by atoms with Gasteiger partial charge in [-0.05, 0) is 30.7 Å². The minimum Gasteiger partial charge on any atom is -0.379 e. The smallest absolute Gasteiger partial charge is 0.211 e. The molecule has 0 unspecified atom stereocenters. The predicted octanol–water partition coefficient (Wildman–Crippen LogP) is 2.20. The molecular formula is C24H24N8O3S. The summed E-state index contributed by atoms with van der Waals surface area (Å²) in [6, 6.07) is 10.0. The summed E-state index contributed by atoms with van der Waals surface area (Å²) in [6.07, 6.45) is 9.57. The van der Waals surface area contributed by atoms with Crippen LogP contribution in [0.4, 0.5) is 0 Å². The van der Waals surface area contributed by atoms with E-state index in [1.165, 1.54) is 10.6 Å². The Bertz CT molecular complexity index is 1590. The van der Waals surface area contributed by atoms with Gasteiger partial charge in [-0.3, -0.25) is 14.3 Å². The maximum atomic E-state index is 12.0. The lowest BCUT2D eigenvalue weighted by molar-refractivity contribution is 0.0726. The third-order valence-electron chi connectivity index (χ3n) is 6.91. The Morgan fingerprint density at radius 2 is 2.14 bits per heavy atom. The average Bonchev–Trinajstić information content (AvgIpc) is 3.60. The Hall–Kier alpha value is -3.66. The number of sulfonamides is 1. The maximum Gasteiger partial charge on any atom is 0.211 e. The van der Waals surface area contributed by atoms with E-state index in [-0.39, 0.29) is 25.6 Å². The van der Waals surface area contributed by atoms with E-state index in [0.717, 1.165) is 35.2 Å². The van der Waals surface area contributed by atoms with Gasteiger partial charge in [-0.25, -0.2) is 13.4 Å². The molecule has 1 atom stereocenters. The number of pyridine rings is 2. The summed E-state index contributed by atoms with van der Waals surface area (Å²) >= 11 is 0. The fourth-order valence-electron chi connectivity index (χ4n) is 4.86. The number of ether oxygens (including phenoxy) is 1. The number of nitrogens with zero attached hydrogens (tertiary/aromatic N) is 8. The minimum atomic E-state index is -3.33. The first kappa shape index (κ1) is 22.8. The molecule has 0 aromatic carbocycles. The highest BCUT2D eigenvalue weighted by Crippen LogP contribution is 2.36. The van der Waals surface area contributed by atoms with E-state index >= 15 is 0 Å². The third-order valence-corrected chi connectivity index (χ3v) is 8.11. The molecule has 4 aromatic rings. The molecule has 0 bridgehead atoms. The fraction of sp³-hybridized carbons (Fsp3) is 0.375. The van der Waals surface area contributed by atoms with Gasteiger partial charge in [-0.1, -0.05) is 0 Å². The lowest BCUT2D eigenvalue weighted by Gasteiger charge is -2.47. The van der Waals surface area contributed by atoms with E-state index in [9.17, 15) is 13.7 Å². The Balaban J connectivity index is 1.39. The molecule has 6 rings (SSSR count).